The molecule has 0 aliphatic heterocycles. The van der Waals surface area contributed by atoms with E-state index in [4.69, 9.17) is 5.14 Å². The monoisotopic (exact) mass is 415 g/mol. The molecule has 0 fully saturated rings. The molecule has 0 amide bonds. The molecule has 0 aliphatic rings. The minimum Gasteiger partial charge on any atom is -0.368 e. The predicted octanol–water partition coefficient (Wildman–Crippen LogP) is 0.999. The summed E-state index contributed by atoms with van der Waals surface area (Å²) in [5, 5.41) is 11.0. The molecule has 4 N–H and O–H groups in total. The van der Waals surface area contributed by atoms with E-state index in [9.17, 15) is 8.42 Å². The van der Waals surface area contributed by atoms with Crippen LogP contribution >= 0.6 is 15.9 Å². The molecule has 0 spiro atoms. The number of aromatic nitrogens is 3. The second-order valence-corrected chi connectivity index (χ2v) is 7.54. The van der Waals surface area contributed by atoms with Crippen LogP contribution < -0.4 is 15.8 Å². The Morgan fingerprint density at radius 3 is 2.58 bits per heavy atom. The van der Waals surface area contributed by atoms with Crippen LogP contribution in [0.15, 0.2) is 34.0 Å². The summed E-state index contributed by atoms with van der Waals surface area (Å²) in [6.45, 7) is 1.59. The van der Waals surface area contributed by atoms with Gasteiger partial charge in [0, 0.05) is 19.3 Å². The molecule has 11 heteroatoms. The molecular formula is C13H18BrN7O2S. The normalized spacial score (nSPS) is 11.5. The molecule has 2 aromatic heterocycles. The SMILES string of the molecule is CN(C)CCNc1nc(Nc2ccc(S(N)(=O)=O)nc2)ncc1Br. The van der Waals surface area contributed by atoms with Crippen LogP contribution in [0, 0.1) is 0 Å². The third-order valence-corrected chi connectivity index (χ3v) is 4.28. The van der Waals surface area contributed by atoms with Crippen LogP contribution in [0.4, 0.5) is 17.5 Å². The van der Waals surface area contributed by atoms with Crippen molar-refractivity contribution in [3.8, 4) is 0 Å². The van der Waals surface area contributed by atoms with E-state index < -0.39 is 10.0 Å². The summed E-state index contributed by atoms with van der Waals surface area (Å²) in [5.74, 6) is 1.01. The van der Waals surface area contributed by atoms with Gasteiger partial charge in [-0.2, -0.15) is 4.98 Å². The maximum absolute atomic E-state index is 11.2. The summed E-state index contributed by atoms with van der Waals surface area (Å²) in [6, 6.07) is 2.85. The zero-order valence-corrected chi connectivity index (χ0v) is 15.6. The second kappa shape index (κ2) is 7.83. The number of nitrogens with zero attached hydrogens (tertiary/aromatic N) is 4. The van der Waals surface area contributed by atoms with E-state index in [-0.39, 0.29) is 5.03 Å². The van der Waals surface area contributed by atoms with Crippen LogP contribution in [-0.4, -0.2) is 55.5 Å². The lowest BCUT2D eigenvalue weighted by Gasteiger charge is -2.12. The lowest BCUT2D eigenvalue weighted by molar-refractivity contribution is 0.425. The first kappa shape index (κ1) is 18.5. The van der Waals surface area contributed by atoms with Crippen molar-refractivity contribution in [3.63, 3.8) is 0 Å². The fourth-order valence-corrected chi connectivity index (χ4v) is 2.49. The Balaban J connectivity index is 2.09. The van der Waals surface area contributed by atoms with E-state index >= 15 is 0 Å². The van der Waals surface area contributed by atoms with Gasteiger partial charge in [-0.3, -0.25) is 0 Å². The molecule has 0 aliphatic carbocycles. The first-order valence-electron chi connectivity index (χ1n) is 6.93. The van der Waals surface area contributed by atoms with Crippen molar-refractivity contribution in [2.45, 2.75) is 5.03 Å². The molecular weight excluding hydrogens is 398 g/mol. The van der Waals surface area contributed by atoms with Gasteiger partial charge in [0.1, 0.15) is 5.82 Å². The van der Waals surface area contributed by atoms with Crippen molar-refractivity contribution in [2.24, 2.45) is 5.14 Å². The van der Waals surface area contributed by atoms with Gasteiger partial charge in [0.25, 0.3) is 10.0 Å². The molecule has 0 aromatic carbocycles. The number of nitrogens with one attached hydrogen (secondary N) is 2. The minimum absolute atomic E-state index is 0.198. The van der Waals surface area contributed by atoms with Gasteiger partial charge in [-0.05, 0) is 42.2 Å². The fraction of sp³-hybridized carbons (Fsp3) is 0.308. The Labute approximate surface area is 148 Å². The lowest BCUT2D eigenvalue weighted by atomic mass is 10.4. The average Bonchev–Trinajstić information content (AvgIpc) is 2.50. The number of anilines is 3. The van der Waals surface area contributed by atoms with Crippen molar-refractivity contribution >= 4 is 43.4 Å². The highest BCUT2D eigenvalue weighted by molar-refractivity contribution is 9.10. The zero-order chi connectivity index (χ0) is 17.7. The highest BCUT2D eigenvalue weighted by Crippen LogP contribution is 2.21. The van der Waals surface area contributed by atoms with Gasteiger partial charge in [-0.15, -0.1) is 0 Å². The van der Waals surface area contributed by atoms with Crippen LogP contribution in [0.25, 0.3) is 0 Å². The van der Waals surface area contributed by atoms with Gasteiger partial charge in [-0.1, -0.05) is 0 Å². The largest absolute Gasteiger partial charge is 0.368 e. The third kappa shape index (κ3) is 5.37. The van der Waals surface area contributed by atoms with Crippen molar-refractivity contribution in [3.05, 3.63) is 29.0 Å². The summed E-state index contributed by atoms with van der Waals surface area (Å²) in [6.07, 6.45) is 2.98. The molecule has 2 rings (SSSR count). The lowest BCUT2D eigenvalue weighted by Crippen LogP contribution is -2.21. The maximum atomic E-state index is 11.2. The van der Waals surface area contributed by atoms with E-state index in [1.165, 1.54) is 18.3 Å². The van der Waals surface area contributed by atoms with E-state index in [0.29, 0.717) is 17.5 Å². The Morgan fingerprint density at radius 2 is 2.00 bits per heavy atom. The number of likely N-dealkylation sites (N-methyl/N-ethyl adjacent to an activating group) is 1. The van der Waals surface area contributed by atoms with E-state index in [1.807, 2.05) is 14.1 Å². The van der Waals surface area contributed by atoms with Crippen LogP contribution in [0.2, 0.25) is 0 Å². The first-order chi connectivity index (χ1) is 11.3. The van der Waals surface area contributed by atoms with Gasteiger partial charge >= 0.3 is 0 Å². The van der Waals surface area contributed by atoms with Crippen molar-refractivity contribution in [1.82, 2.24) is 19.9 Å². The van der Waals surface area contributed by atoms with Gasteiger partial charge < -0.3 is 15.5 Å². The van der Waals surface area contributed by atoms with Gasteiger partial charge in [0.2, 0.25) is 5.95 Å². The van der Waals surface area contributed by atoms with E-state index in [1.54, 1.807) is 6.20 Å². The standard InChI is InChI=1S/C13H18BrN7O2S/c1-21(2)6-5-16-12-10(14)8-18-13(20-12)19-9-3-4-11(17-7-9)24(15,22)23/h3-4,7-8H,5-6H2,1-2H3,(H2,15,22,23)(H2,16,18,19,20). The summed E-state index contributed by atoms with van der Waals surface area (Å²) in [7, 11) is 0.164. The molecule has 130 valence electrons. The number of hydrogen-bond donors (Lipinski definition) is 3. The topological polar surface area (TPSA) is 126 Å². The average molecular weight is 416 g/mol. The Hall–Kier alpha value is -1.82. The molecule has 0 saturated heterocycles. The number of rotatable bonds is 7. The van der Waals surface area contributed by atoms with Crippen molar-refractivity contribution < 1.29 is 8.42 Å². The molecule has 0 radical (unpaired) electrons. The molecule has 0 atom stereocenters. The molecule has 24 heavy (non-hydrogen) atoms. The highest BCUT2D eigenvalue weighted by Gasteiger charge is 2.10. The van der Waals surface area contributed by atoms with E-state index in [0.717, 1.165) is 17.6 Å². The van der Waals surface area contributed by atoms with Gasteiger partial charge in [-0.25, -0.2) is 23.5 Å². The van der Waals surface area contributed by atoms with Crippen LogP contribution in [0.5, 0.6) is 0 Å². The quantitative estimate of drug-likeness (QED) is 0.610. The number of primary sulfonamides is 1. The van der Waals surface area contributed by atoms with Gasteiger partial charge in [0.15, 0.2) is 5.03 Å². The third-order valence-electron chi connectivity index (χ3n) is 2.88. The smallest absolute Gasteiger partial charge is 0.255 e. The van der Waals surface area contributed by atoms with Gasteiger partial charge in [0.05, 0.1) is 16.4 Å². The van der Waals surface area contributed by atoms with E-state index in [2.05, 4.69) is 46.4 Å². The summed E-state index contributed by atoms with van der Waals surface area (Å²) < 4.78 is 23.1. The Bertz CT molecular complexity index is 796. The predicted molar refractivity (Wildman–Crippen MR) is 95.7 cm³/mol. The maximum Gasteiger partial charge on any atom is 0.255 e. The summed E-state index contributed by atoms with van der Waals surface area (Å²) in [5.41, 5.74) is 0.545. The number of pyridine rings is 1. The van der Waals surface area contributed by atoms with Crippen molar-refractivity contribution in [2.75, 3.05) is 37.8 Å². The number of sulfonamides is 1. The molecule has 0 unspecified atom stereocenters. The number of nitrogens with two attached hydrogens (primary N) is 1. The van der Waals surface area contributed by atoms with Crippen LogP contribution in [0.1, 0.15) is 0 Å². The second-order valence-electron chi connectivity index (χ2n) is 5.18. The molecule has 9 nitrogen and oxygen atoms in total. The van der Waals surface area contributed by atoms with Crippen LogP contribution in [-0.2, 0) is 10.0 Å². The highest BCUT2D eigenvalue weighted by atomic mass is 79.9. The summed E-state index contributed by atoms with van der Waals surface area (Å²) in [4.78, 5) is 14.4. The molecule has 0 bridgehead atoms. The Morgan fingerprint density at radius 1 is 1.25 bits per heavy atom. The number of hydrogen-bond acceptors (Lipinski definition) is 8. The number of halogens is 1. The van der Waals surface area contributed by atoms with Crippen molar-refractivity contribution in [1.29, 1.82) is 0 Å². The Kier molecular flexibility index (Phi) is 6.04. The first-order valence-corrected chi connectivity index (χ1v) is 9.26. The molecule has 2 heterocycles. The molecule has 0 saturated carbocycles. The van der Waals surface area contributed by atoms with Crippen LogP contribution in [0.3, 0.4) is 0 Å². The minimum atomic E-state index is -3.81. The fourth-order valence-electron chi connectivity index (χ4n) is 1.70. The zero-order valence-electron chi connectivity index (χ0n) is 13.2. The molecule has 2 aromatic rings. The summed E-state index contributed by atoms with van der Waals surface area (Å²) >= 11 is 3.39.